The van der Waals surface area contributed by atoms with E-state index in [1.54, 1.807) is 14.2 Å². The number of hydrogen-bond donors (Lipinski definition) is 1. The van der Waals surface area contributed by atoms with Crippen molar-refractivity contribution < 1.29 is 9.47 Å². The van der Waals surface area contributed by atoms with E-state index in [9.17, 15) is 4.79 Å². The smallest absolute Gasteiger partial charge is 0.253 e. The zero-order chi connectivity index (χ0) is 26.2. The van der Waals surface area contributed by atoms with E-state index >= 15 is 0 Å². The van der Waals surface area contributed by atoms with Gasteiger partial charge in [0.2, 0.25) is 0 Å². The number of pyridine rings is 1. The lowest BCUT2D eigenvalue weighted by molar-refractivity contribution is 0.190. The molecule has 3 heterocycles. The molecule has 0 spiro atoms. The Bertz CT molecular complexity index is 1430. The lowest BCUT2D eigenvalue weighted by Crippen LogP contribution is -2.49. The predicted molar refractivity (Wildman–Crippen MR) is 143 cm³/mol. The molecule has 0 unspecified atom stereocenters. The van der Waals surface area contributed by atoms with Crippen LogP contribution in [0.2, 0.25) is 0 Å². The fourth-order valence-electron chi connectivity index (χ4n) is 4.90. The van der Waals surface area contributed by atoms with Crippen molar-refractivity contribution in [3.63, 3.8) is 0 Å². The number of aromatic nitrogens is 5. The minimum atomic E-state index is -0.400. The number of piperazine rings is 1. The molecular weight excluding hydrogens is 470 g/mol. The molecule has 1 atom stereocenters. The highest BCUT2D eigenvalue weighted by Crippen LogP contribution is 2.31. The first-order valence-electron chi connectivity index (χ1n) is 12.4. The van der Waals surface area contributed by atoms with E-state index < -0.39 is 6.04 Å². The van der Waals surface area contributed by atoms with Crippen LogP contribution in [0.5, 0.6) is 11.5 Å². The monoisotopic (exact) mass is 503 g/mol. The summed E-state index contributed by atoms with van der Waals surface area (Å²) in [5.41, 5.74) is 1.99. The molecule has 2 aromatic heterocycles. The Morgan fingerprint density at radius 3 is 2.24 bits per heavy atom. The zero-order valence-electron chi connectivity index (χ0n) is 21.9. The molecule has 37 heavy (non-hydrogen) atoms. The third-order valence-corrected chi connectivity index (χ3v) is 6.87. The van der Waals surface area contributed by atoms with E-state index in [1.165, 1.54) is 0 Å². The minimum Gasteiger partial charge on any atom is -0.497 e. The van der Waals surface area contributed by atoms with Gasteiger partial charge >= 0.3 is 0 Å². The Labute approximate surface area is 215 Å². The van der Waals surface area contributed by atoms with Crippen molar-refractivity contribution in [2.45, 2.75) is 32.4 Å². The highest BCUT2D eigenvalue weighted by molar-refractivity contribution is 5.80. The molecule has 5 rings (SSSR count). The summed E-state index contributed by atoms with van der Waals surface area (Å²) in [5.74, 6) is 2.19. The second kappa shape index (κ2) is 9.85. The molecule has 194 valence electrons. The third kappa shape index (κ3) is 4.89. The maximum atomic E-state index is 13.5. The molecule has 0 saturated carbocycles. The van der Waals surface area contributed by atoms with E-state index in [0.29, 0.717) is 17.1 Å². The molecule has 4 aromatic rings. The molecule has 1 aliphatic heterocycles. The van der Waals surface area contributed by atoms with Crippen LogP contribution in [0.25, 0.3) is 10.9 Å². The average molecular weight is 504 g/mol. The van der Waals surface area contributed by atoms with Crippen molar-refractivity contribution in [3.8, 4) is 11.5 Å². The van der Waals surface area contributed by atoms with E-state index in [4.69, 9.17) is 9.47 Å². The summed E-state index contributed by atoms with van der Waals surface area (Å²) in [7, 11) is 3.28. The highest BCUT2D eigenvalue weighted by Gasteiger charge is 2.35. The van der Waals surface area contributed by atoms with E-state index in [2.05, 4.69) is 63.2 Å². The summed E-state index contributed by atoms with van der Waals surface area (Å²) in [5, 5.41) is 13.7. The maximum absolute atomic E-state index is 13.5. The lowest BCUT2D eigenvalue weighted by atomic mass is 10.0. The molecule has 0 aliphatic carbocycles. The average Bonchev–Trinajstić information content (AvgIpc) is 3.40. The second-order valence-electron chi connectivity index (χ2n) is 10.3. The van der Waals surface area contributed by atoms with Crippen LogP contribution >= 0.6 is 0 Å². The van der Waals surface area contributed by atoms with Gasteiger partial charge in [-0.15, -0.1) is 5.10 Å². The molecule has 2 aromatic carbocycles. The van der Waals surface area contributed by atoms with Gasteiger partial charge in [0.1, 0.15) is 17.5 Å². The van der Waals surface area contributed by atoms with Gasteiger partial charge in [-0.3, -0.25) is 9.69 Å². The van der Waals surface area contributed by atoms with Crippen LogP contribution in [-0.2, 0) is 5.54 Å². The van der Waals surface area contributed by atoms with Crippen LogP contribution in [0.15, 0.2) is 53.3 Å². The Kier molecular flexibility index (Phi) is 6.59. The van der Waals surface area contributed by atoms with Gasteiger partial charge in [0.25, 0.3) is 5.56 Å². The number of rotatable bonds is 6. The van der Waals surface area contributed by atoms with Gasteiger partial charge in [-0.25, -0.2) is 4.68 Å². The number of tetrazole rings is 1. The van der Waals surface area contributed by atoms with Crippen molar-refractivity contribution in [2.24, 2.45) is 0 Å². The minimum absolute atomic E-state index is 0.160. The number of anilines is 1. The van der Waals surface area contributed by atoms with Crippen LogP contribution in [0.3, 0.4) is 0 Å². The molecule has 1 saturated heterocycles. The first-order valence-corrected chi connectivity index (χ1v) is 12.4. The molecule has 1 fully saturated rings. The van der Waals surface area contributed by atoms with Crippen molar-refractivity contribution in [1.82, 2.24) is 30.1 Å². The van der Waals surface area contributed by atoms with Gasteiger partial charge in [0, 0.05) is 43.5 Å². The number of H-pyrrole nitrogens is 1. The number of nitrogens with one attached hydrogen (secondary N) is 1. The first kappa shape index (κ1) is 24.8. The first-order chi connectivity index (χ1) is 17.8. The predicted octanol–water partition coefficient (Wildman–Crippen LogP) is 3.20. The van der Waals surface area contributed by atoms with Gasteiger partial charge < -0.3 is 19.4 Å². The molecule has 1 aliphatic rings. The van der Waals surface area contributed by atoms with E-state index in [-0.39, 0.29) is 11.1 Å². The summed E-state index contributed by atoms with van der Waals surface area (Å²) in [6.45, 7) is 9.28. The molecule has 0 amide bonds. The van der Waals surface area contributed by atoms with Gasteiger partial charge in [-0.05, 0) is 79.0 Å². The molecular formula is C27H33N7O3. The fourth-order valence-corrected chi connectivity index (χ4v) is 4.90. The molecule has 10 heteroatoms. The number of benzene rings is 2. The number of aromatic amines is 1. The lowest BCUT2D eigenvalue weighted by Gasteiger charge is -2.40. The molecule has 1 N–H and O–H groups in total. The van der Waals surface area contributed by atoms with Crippen LogP contribution in [0.1, 0.15) is 38.2 Å². The number of hydrogen-bond acceptors (Lipinski definition) is 8. The second-order valence-corrected chi connectivity index (χ2v) is 10.3. The maximum Gasteiger partial charge on any atom is 0.253 e. The summed E-state index contributed by atoms with van der Waals surface area (Å²) in [6, 6.07) is 15.4. The van der Waals surface area contributed by atoms with Crippen LogP contribution in [-0.4, -0.2) is 70.5 Å². The van der Waals surface area contributed by atoms with E-state index in [0.717, 1.165) is 48.5 Å². The zero-order valence-corrected chi connectivity index (χ0v) is 21.9. The van der Waals surface area contributed by atoms with Gasteiger partial charge in [-0.1, -0.05) is 0 Å². The molecule has 0 bridgehead atoms. The standard InChI is InChI=1S/C27H33N7O3/c1-27(2,3)34-25(29-30-31-34)24(22-16-18-6-9-21(37-5)17-23(18)28-26(22)35)33-14-12-32(13-15-33)19-7-10-20(36-4)11-8-19/h6-11,16-17,24H,12-15H2,1-5H3,(H,28,35)/t24-/m1/s1. The van der Waals surface area contributed by atoms with Crippen LogP contribution < -0.4 is 19.9 Å². The quantitative estimate of drug-likeness (QED) is 0.428. The fraction of sp³-hybridized carbons (Fsp3) is 0.407. The Morgan fingerprint density at radius 1 is 0.919 bits per heavy atom. The topological polar surface area (TPSA) is 101 Å². The van der Waals surface area contributed by atoms with Gasteiger partial charge in [0.05, 0.1) is 25.3 Å². The number of ether oxygens (including phenoxy) is 2. The summed E-state index contributed by atoms with van der Waals surface area (Å²) < 4.78 is 12.5. The SMILES string of the molecule is COc1ccc(N2CCN([C@H](c3cc4ccc(OC)cc4[nH]c3=O)c3nnnn3C(C)(C)C)CC2)cc1. The number of nitrogens with zero attached hydrogens (tertiary/aromatic N) is 6. The largest absolute Gasteiger partial charge is 0.497 e. The van der Waals surface area contributed by atoms with Crippen molar-refractivity contribution in [1.29, 1.82) is 0 Å². The highest BCUT2D eigenvalue weighted by atomic mass is 16.5. The normalized spacial score (nSPS) is 15.6. The number of fused-ring (bicyclic) bond motifs is 1. The summed E-state index contributed by atoms with van der Waals surface area (Å²) >= 11 is 0. The Hall–Kier alpha value is -3.92. The molecule has 0 radical (unpaired) electrons. The van der Waals surface area contributed by atoms with Gasteiger partial charge in [0.15, 0.2) is 5.82 Å². The Morgan fingerprint density at radius 2 is 1.59 bits per heavy atom. The van der Waals surface area contributed by atoms with Crippen LogP contribution in [0.4, 0.5) is 5.69 Å². The van der Waals surface area contributed by atoms with Crippen molar-refractivity contribution in [3.05, 3.63) is 70.3 Å². The molecule has 10 nitrogen and oxygen atoms in total. The number of methoxy groups -OCH3 is 2. The third-order valence-electron chi connectivity index (χ3n) is 6.87. The van der Waals surface area contributed by atoms with Crippen molar-refractivity contribution in [2.75, 3.05) is 45.3 Å². The van der Waals surface area contributed by atoms with Crippen LogP contribution in [0, 0.1) is 0 Å². The Balaban J connectivity index is 1.52. The van der Waals surface area contributed by atoms with E-state index in [1.807, 2.05) is 41.1 Å². The van der Waals surface area contributed by atoms with Crippen molar-refractivity contribution >= 4 is 16.6 Å². The summed E-state index contributed by atoms with van der Waals surface area (Å²) in [4.78, 5) is 21.2. The van der Waals surface area contributed by atoms with Gasteiger partial charge in [-0.2, -0.15) is 0 Å². The summed E-state index contributed by atoms with van der Waals surface area (Å²) in [6.07, 6.45) is 0.